The molecule has 8 atom stereocenters. The molecule has 8 unspecified atom stereocenters. The summed E-state index contributed by atoms with van der Waals surface area (Å²) >= 11 is 0. The molecule has 0 spiro atoms. The summed E-state index contributed by atoms with van der Waals surface area (Å²) in [6.07, 6.45) is 70.8. The van der Waals surface area contributed by atoms with Crippen LogP contribution in [0.15, 0.2) is 122 Å². The molecular formula is C72H121NO10. The number of rotatable bonds is 55. The van der Waals surface area contributed by atoms with Crippen LogP contribution in [0.3, 0.4) is 0 Å². The number of amides is 1. The van der Waals surface area contributed by atoms with E-state index in [9.17, 15) is 35.1 Å². The van der Waals surface area contributed by atoms with E-state index in [4.69, 9.17) is 14.2 Å². The molecule has 1 aliphatic rings. The fraction of sp³-hybridized carbons (Fsp3) is 0.694. The van der Waals surface area contributed by atoms with Crippen molar-refractivity contribution in [3.05, 3.63) is 122 Å². The van der Waals surface area contributed by atoms with Crippen LogP contribution in [-0.4, -0.2) is 99.6 Å². The molecule has 1 amide bonds. The number of nitrogens with one attached hydrogen (secondary N) is 1. The zero-order chi connectivity index (χ0) is 60.3. The van der Waals surface area contributed by atoms with Crippen LogP contribution in [0.1, 0.15) is 258 Å². The summed E-state index contributed by atoms with van der Waals surface area (Å²) in [7, 11) is 0. The summed E-state index contributed by atoms with van der Waals surface area (Å²) in [5, 5.41) is 57.1. The highest BCUT2D eigenvalue weighted by atomic mass is 16.7. The Hall–Kier alpha value is -3.94. The minimum Gasteiger partial charge on any atom is -0.454 e. The van der Waals surface area contributed by atoms with Crippen molar-refractivity contribution in [1.82, 2.24) is 5.32 Å². The molecule has 11 nitrogen and oxygen atoms in total. The van der Waals surface area contributed by atoms with Gasteiger partial charge in [-0.1, -0.05) is 258 Å². The zero-order valence-corrected chi connectivity index (χ0v) is 52.5. The molecule has 1 heterocycles. The first kappa shape index (κ1) is 77.1. The molecule has 6 N–H and O–H groups in total. The lowest BCUT2D eigenvalue weighted by Crippen LogP contribution is -2.61. The molecule has 0 radical (unpaired) electrons. The number of aliphatic hydroxyl groups is 5. The summed E-state index contributed by atoms with van der Waals surface area (Å²) in [5.41, 5.74) is 0. The predicted molar refractivity (Wildman–Crippen MR) is 347 cm³/mol. The van der Waals surface area contributed by atoms with E-state index in [2.05, 4.69) is 135 Å². The van der Waals surface area contributed by atoms with Crippen molar-refractivity contribution in [3.63, 3.8) is 0 Å². The number of carbonyl (C=O) groups excluding carboxylic acids is 2. The standard InChI is InChI=1S/C72H121NO10/c1-4-7-10-13-16-19-22-25-27-29-31-32-33-35-36-38-41-44-47-50-53-56-59-65(76)71(80)73-63(64(75)58-55-52-49-46-43-40-24-21-18-15-12-9-6-3)62-81-72-70(69(79)68(78)66(61-74)82-72)83-67(77)60-57-54-51-48-45-42-39-37-34-30-28-26-23-20-17-14-11-8-5-2/h7,10,16-17,19-20,25-28,31-32,34-37,41,44,55,58,63-66,68-70,72,74-76,78-79H,4-6,8-9,11-15,18,21-24,29-30,33,38-40,42-43,45-54,56-57,59-62H2,1-3H3,(H,73,80)/b10-7-,19-16-,20-17-,27-25-,28-26-,32-31-,36-35-,37-34-,44-41-,58-55+. The molecular weight excluding hydrogens is 1040 g/mol. The van der Waals surface area contributed by atoms with Crippen LogP contribution in [0, 0.1) is 0 Å². The molecule has 0 saturated carbocycles. The van der Waals surface area contributed by atoms with Crippen LogP contribution in [-0.2, 0) is 23.8 Å². The van der Waals surface area contributed by atoms with Gasteiger partial charge in [0.2, 0.25) is 5.91 Å². The first-order valence-electron chi connectivity index (χ1n) is 33.3. The zero-order valence-electron chi connectivity index (χ0n) is 52.5. The Bertz CT molecular complexity index is 1810. The average Bonchev–Trinajstić information content (AvgIpc) is 3.54. The minimum absolute atomic E-state index is 0.0993. The van der Waals surface area contributed by atoms with Gasteiger partial charge in [-0.3, -0.25) is 9.59 Å². The van der Waals surface area contributed by atoms with E-state index >= 15 is 0 Å². The molecule has 0 aliphatic carbocycles. The molecule has 0 aromatic heterocycles. The van der Waals surface area contributed by atoms with E-state index in [1.165, 1.54) is 77.0 Å². The van der Waals surface area contributed by atoms with Crippen molar-refractivity contribution in [2.45, 2.75) is 307 Å². The number of ether oxygens (including phenoxy) is 3. The Morgan fingerprint density at radius 2 is 0.867 bits per heavy atom. The second kappa shape index (κ2) is 58.4. The Morgan fingerprint density at radius 3 is 1.33 bits per heavy atom. The van der Waals surface area contributed by atoms with Gasteiger partial charge in [-0.15, -0.1) is 0 Å². The molecule has 1 aliphatic heterocycles. The summed E-state index contributed by atoms with van der Waals surface area (Å²) in [5.74, 6) is -1.24. The number of esters is 1. The van der Waals surface area contributed by atoms with E-state index in [0.29, 0.717) is 12.8 Å². The van der Waals surface area contributed by atoms with Gasteiger partial charge >= 0.3 is 5.97 Å². The largest absolute Gasteiger partial charge is 0.454 e. The lowest BCUT2D eigenvalue weighted by molar-refractivity contribution is -0.305. The van der Waals surface area contributed by atoms with E-state index < -0.39 is 67.4 Å². The Kier molecular flexibility index (Phi) is 54.3. The van der Waals surface area contributed by atoms with E-state index in [1.807, 2.05) is 6.08 Å². The van der Waals surface area contributed by atoms with Crippen LogP contribution >= 0.6 is 0 Å². The lowest BCUT2D eigenvalue weighted by Gasteiger charge is -2.41. The molecule has 11 heteroatoms. The van der Waals surface area contributed by atoms with Crippen LogP contribution < -0.4 is 5.32 Å². The second-order valence-corrected chi connectivity index (χ2v) is 22.5. The van der Waals surface area contributed by atoms with Crippen LogP contribution in [0.4, 0.5) is 0 Å². The van der Waals surface area contributed by atoms with Crippen molar-refractivity contribution in [3.8, 4) is 0 Å². The smallest absolute Gasteiger partial charge is 0.306 e. The van der Waals surface area contributed by atoms with Crippen molar-refractivity contribution in [2.75, 3.05) is 13.2 Å². The third-order valence-corrected chi connectivity index (χ3v) is 14.8. The maximum atomic E-state index is 13.5. The van der Waals surface area contributed by atoms with Gasteiger partial charge in [0.25, 0.3) is 0 Å². The Morgan fingerprint density at radius 1 is 0.482 bits per heavy atom. The van der Waals surface area contributed by atoms with Crippen molar-refractivity contribution in [2.24, 2.45) is 0 Å². The number of allylic oxidation sites excluding steroid dienone is 19. The summed E-state index contributed by atoms with van der Waals surface area (Å²) in [6.45, 7) is 5.63. The fourth-order valence-corrected chi connectivity index (χ4v) is 9.60. The van der Waals surface area contributed by atoms with Gasteiger partial charge in [0.15, 0.2) is 12.4 Å². The van der Waals surface area contributed by atoms with Gasteiger partial charge in [-0.05, 0) is 116 Å². The quantitative estimate of drug-likeness (QED) is 0.0195. The highest BCUT2D eigenvalue weighted by molar-refractivity contribution is 5.80. The maximum Gasteiger partial charge on any atom is 0.306 e. The third-order valence-electron chi connectivity index (χ3n) is 14.8. The molecule has 0 aromatic carbocycles. The van der Waals surface area contributed by atoms with Gasteiger partial charge in [0, 0.05) is 6.42 Å². The van der Waals surface area contributed by atoms with E-state index in [0.717, 1.165) is 135 Å². The van der Waals surface area contributed by atoms with E-state index in [-0.39, 0.29) is 19.4 Å². The minimum atomic E-state index is -1.63. The normalized spacial score (nSPS) is 19.3. The molecule has 0 aromatic rings. The highest BCUT2D eigenvalue weighted by Crippen LogP contribution is 2.26. The molecule has 1 rings (SSSR count). The summed E-state index contributed by atoms with van der Waals surface area (Å²) in [4.78, 5) is 26.6. The fourth-order valence-electron chi connectivity index (χ4n) is 9.60. The maximum absolute atomic E-state index is 13.5. The van der Waals surface area contributed by atoms with Crippen molar-refractivity contribution >= 4 is 11.9 Å². The topological polar surface area (TPSA) is 175 Å². The van der Waals surface area contributed by atoms with Gasteiger partial charge < -0.3 is 45.1 Å². The first-order valence-corrected chi connectivity index (χ1v) is 33.3. The van der Waals surface area contributed by atoms with Crippen molar-refractivity contribution in [1.29, 1.82) is 0 Å². The van der Waals surface area contributed by atoms with E-state index in [1.54, 1.807) is 6.08 Å². The molecule has 83 heavy (non-hydrogen) atoms. The third kappa shape index (κ3) is 46.0. The number of carbonyl (C=O) groups is 2. The van der Waals surface area contributed by atoms with Gasteiger partial charge in [-0.2, -0.15) is 0 Å². The Labute approximate surface area is 506 Å². The number of hydrogen-bond donors (Lipinski definition) is 6. The monoisotopic (exact) mass is 1160 g/mol. The summed E-state index contributed by atoms with van der Waals surface area (Å²) < 4.78 is 17.6. The molecule has 474 valence electrons. The van der Waals surface area contributed by atoms with Gasteiger partial charge in [0.05, 0.1) is 25.4 Å². The SMILES string of the molecule is CC/C=C\C/C=C\C/C=C\C/C=C\C/C=C\C/C=C\CCCCCC(O)C(=O)NC(COC1OC(CO)C(O)C(O)C1OC(=O)CCCCCCCC/C=C\C/C=C\C/C=C\CCCCC)C(O)/C=C/CCCCCCCCCCCCC. The summed E-state index contributed by atoms with van der Waals surface area (Å²) in [6, 6.07) is -1.05. The lowest BCUT2D eigenvalue weighted by atomic mass is 9.99. The number of hydrogen-bond acceptors (Lipinski definition) is 10. The molecule has 0 bridgehead atoms. The second-order valence-electron chi connectivity index (χ2n) is 22.5. The van der Waals surface area contributed by atoms with Crippen LogP contribution in [0.5, 0.6) is 0 Å². The van der Waals surface area contributed by atoms with Crippen LogP contribution in [0.2, 0.25) is 0 Å². The molecule has 1 fully saturated rings. The van der Waals surface area contributed by atoms with Crippen molar-refractivity contribution < 1.29 is 49.3 Å². The first-order chi connectivity index (χ1) is 40.7. The van der Waals surface area contributed by atoms with Gasteiger partial charge in [0.1, 0.15) is 24.4 Å². The predicted octanol–water partition coefficient (Wildman–Crippen LogP) is 16.6. The number of unbranched alkanes of at least 4 members (excludes halogenated alkanes) is 23. The Balaban J connectivity index is 2.69. The highest BCUT2D eigenvalue weighted by Gasteiger charge is 2.47. The average molecular weight is 1160 g/mol. The number of aliphatic hydroxyl groups excluding tert-OH is 5. The molecule has 1 saturated heterocycles. The van der Waals surface area contributed by atoms with Crippen LogP contribution in [0.25, 0.3) is 0 Å². The van der Waals surface area contributed by atoms with Gasteiger partial charge in [-0.25, -0.2) is 0 Å².